The maximum Gasteiger partial charge on any atom is 0.246 e. The van der Waals surface area contributed by atoms with Crippen LogP contribution in [0.5, 0.6) is 11.5 Å². The maximum absolute atomic E-state index is 13.4. The molecule has 1 saturated carbocycles. The molecule has 2 aromatic rings. The zero-order chi connectivity index (χ0) is 24.2. The number of benzene rings is 2. The summed E-state index contributed by atoms with van der Waals surface area (Å²) < 4.78 is 16.4. The van der Waals surface area contributed by atoms with E-state index in [2.05, 4.69) is 29.2 Å². The summed E-state index contributed by atoms with van der Waals surface area (Å²) in [5, 5.41) is 6.63. The predicted molar refractivity (Wildman–Crippen MR) is 135 cm³/mol. The lowest BCUT2D eigenvalue weighted by Crippen LogP contribution is -2.45. The van der Waals surface area contributed by atoms with Gasteiger partial charge in [-0.15, -0.1) is 0 Å². The van der Waals surface area contributed by atoms with Crippen molar-refractivity contribution in [1.29, 1.82) is 0 Å². The van der Waals surface area contributed by atoms with Gasteiger partial charge in [0.25, 0.3) is 0 Å². The van der Waals surface area contributed by atoms with Crippen LogP contribution < -0.4 is 9.47 Å². The fourth-order valence-electron chi connectivity index (χ4n) is 5.52. The molecular weight excluding hydrogens is 442 g/mol. The van der Waals surface area contributed by atoms with Crippen molar-refractivity contribution in [2.24, 2.45) is 16.9 Å². The van der Waals surface area contributed by atoms with Gasteiger partial charge in [-0.3, -0.25) is 9.69 Å². The Bertz CT molecular complexity index is 1060. The quantitative estimate of drug-likeness (QED) is 0.601. The Morgan fingerprint density at radius 2 is 1.54 bits per heavy atom. The molecule has 35 heavy (non-hydrogen) atoms. The van der Waals surface area contributed by atoms with Crippen molar-refractivity contribution in [3.63, 3.8) is 0 Å². The summed E-state index contributed by atoms with van der Waals surface area (Å²) >= 11 is 0. The molecular formula is C28H35N3O4. The van der Waals surface area contributed by atoms with Gasteiger partial charge in [0.15, 0.2) is 11.5 Å². The van der Waals surface area contributed by atoms with Crippen molar-refractivity contribution in [1.82, 2.24) is 9.91 Å². The molecule has 1 saturated heterocycles. The molecule has 2 fully saturated rings. The largest absolute Gasteiger partial charge is 0.493 e. The number of morpholine rings is 1. The fraction of sp³-hybridized carbons (Fsp3) is 0.500. The summed E-state index contributed by atoms with van der Waals surface area (Å²) in [6.45, 7) is 4.96. The smallest absolute Gasteiger partial charge is 0.246 e. The second-order valence-corrected chi connectivity index (χ2v) is 9.65. The van der Waals surface area contributed by atoms with Crippen molar-refractivity contribution in [3.8, 4) is 11.5 Å². The molecule has 186 valence electrons. The highest BCUT2D eigenvalue weighted by molar-refractivity contribution is 6.07. The van der Waals surface area contributed by atoms with Gasteiger partial charge in [0.05, 0.1) is 39.7 Å². The van der Waals surface area contributed by atoms with Gasteiger partial charge in [0, 0.05) is 37.0 Å². The van der Waals surface area contributed by atoms with Crippen LogP contribution in [0.25, 0.3) is 0 Å². The van der Waals surface area contributed by atoms with Gasteiger partial charge in [-0.05, 0) is 42.2 Å². The molecule has 0 radical (unpaired) electrons. The average Bonchev–Trinajstić information content (AvgIpc) is 2.91. The van der Waals surface area contributed by atoms with Gasteiger partial charge in [0.2, 0.25) is 5.91 Å². The normalized spacial score (nSPS) is 23.0. The molecule has 2 heterocycles. The van der Waals surface area contributed by atoms with Crippen molar-refractivity contribution in [2.75, 3.05) is 40.5 Å². The minimum Gasteiger partial charge on any atom is -0.493 e. The van der Waals surface area contributed by atoms with Crippen LogP contribution in [0.15, 0.2) is 47.6 Å². The fourth-order valence-corrected chi connectivity index (χ4v) is 5.52. The summed E-state index contributed by atoms with van der Waals surface area (Å²) in [6.07, 6.45) is 4.14. The molecule has 5 rings (SSSR count). The lowest BCUT2D eigenvalue weighted by atomic mass is 9.73. The van der Waals surface area contributed by atoms with E-state index in [1.807, 2.05) is 18.2 Å². The number of rotatable bonds is 7. The van der Waals surface area contributed by atoms with Gasteiger partial charge >= 0.3 is 0 Å². The number of amides is 1. The Morgan fingerprint density at radius 1 is 0.886 bits per heavy atom. The Kier molecular flexibility index (Phi) is 7.35. The molecule has 0 bridgehead atoms. The predicted octanol–water partition coefficient (Wildman–Crippen LogP) is 4.09. The Hall–Kier alpha value is -2.90. The molecule has 7 nitrogen and oxygen atoms in total. The highest BCUT2D eigenvalue weighted by Crippen LogP contribution is 2.39. The molecule has 0 unspecified atom stereocenters. The number of hydrogen-bond donors (Lipinski definition) is 0. The zero-order valence-electron chi connectivity index (χ0n) is 20.7. The number of carbonyl (C=O) groups excluding carboxylic acids is 1. The van der Waals surface area contributed by atoms with Crippen molar-refractivity contribution in [2.45, 2.75) is 38.8 Å². The number of nitrogens with zero attached hydrogens (tertiary/aromatic N) is 3. The number of fused-ring (bicyclic) bond motifs is 1. The Labute approximate surface area is 207 Å². The van der Waals surface area contributed by atoms with Crippen LogP contribution in [0.3, 0.4) is 0 Å². The van der Waals surface area contributed by atoms with E-state index < -0.39 is 0 Å². The first-order valence-electron chi connectivity index (χ1n) is 12.7. The van der Waals surface area contributed by atoms with Crippen LogP contribution in [0.4, 0.5) is 0 Å². The lowest BCUT2D eigenvalue weighted by Gasteiger charge is -2.38. The number of ether oxygens (including phenoxy) is 3. The van der Waals surface area contributed by atoms with Crippen LogP contribution in [-0.4, -0.2) is 62.1 Å². The van der Waals surface area contributed by atoms with E-state index in [0.717, 1.165) is 75.4 Å². The molecule has 0 N–H and O–H groups in total. The van der Waals surface area contributed by atoms with Gasteiger partial charge in [-0.1, -0.05) is 37.1 Å². The van der Waals surface area contributed by atoms with E-state index in [9.17, 15) is 4.79 Å². The molecule has 2 aliphatic heterocycles. The number of hydrogen-bond acceptors (Lipinski definition) is 6. The lowest BCUT2D eigenvalue weighted by molar-refractivity contribution is -0.139. The topological polar surface area (TPSA) is 63.6 Å². The van der Waals surface area contributed by atoms with E-state index in [-0.39, 0.29) is 17.7 Å². The Morgan fingerprint density at radius 3 is 2.23 bits per heavy atom. The third-order valence-electron chi connectivity index (χ3n) is 7.46. The van der Waals surface area contributed by atoms with E-state index >= 15 is 0 Å². The van der Waals surface area contributed by atoms with Crippen LogP contribution in [0, 0.1) is 11.8 Å². The average molecular weight is 478 g/mol. The first kappa shape index (κ1) is 23.8. The summed E-state index contributed by atoms with van der Waals surface area (Å²) in [5.74, 6) is 1.67. The SMILES string of the molecule is COc1ccc(C2=NN(Cc3ccc(CN4CCOCC4)cc3)C(=O)[C@@H]3CCCC[C@H]23)cc1OC. The van der Waals surface area contributed by atoms with Gasteiger partial charge < -0.3 is 14.2 Å². The third-order valence-corrected chi connectivity index (χ3v) is 7.46. The van der Waals surface area contributed by atoms with Crippen molar-refractivity contribution < 1.29 is 19.0 Å². The van der Waals surface area contributed by atoms with E-state index in [1.54, 1.807) is 19.2 Å². The number of hydrazone groups is 1. The van der Waals surface area contributed by atoms with E-state index in [4.69, 9.17) is 19.3 Å². The monoisotopic (exact) mass is 477 g/mol. The van der Waals surface area contributed by atoms with Gasteiger partial charge in [-0.25, -0.2) is 5.01 Å². The second-order valence-electron chi connectivity index (χ2n) is 9.65. The van der Waals surface area contributed by atoms with Crippen LogP contribution in [0.2, 0.25) is 0 Å². The minimum absolute atomic E-state index is 0.00931. The molecule has 0 spiro atoms. The highest BCUT2D eigenvalue weighted by Gasteiger charge is 2.41. The third kappa shape index (κ3) is 5.21. The standard InChI is InChI=1S/C28H35N3O4/c1-33-25-12-11-22(17-26(25)34-2)27-23-5-3-4-6-24(23)28(32)31(29-27)19-21-9-7-20(8-10-21)18-30-13-15-35-16-14-30/h7-12,17,23-24H,3-6,13-16,18-19H2,1-2H3/t23-,24+/m0/s1. The molecule has 0 aromatic heterocycles. The van der Waals surface area contributed by atoms with Crippen molar-refractivity contribution in [3.05, 3.63) is 59.2 Å². The highest BCUT2D eigenvalue weighted by atomic mass is 16.5. The van der Waals surface area contributed by atoms with Crippen molar-refractivity contribution >= 4 is 11.6 Å². The summed E-state index contributed by atoms with van der Waals surface area (Å²) in [7, 11) is 3.28. The molecule has 7 heteroatoms. The molecule has 1 amide bonds. The van der Waals surface area contributed by atoms with E-state index in [0.29, 0.717) is 18.0 Å². The summed E-state index contributed by atoms with van der Waals surface area (Å²) in [6, 6.07) is 14.5. The minimum atomic E-state index is -0.00931. The molecule has 2 aromatic carbocycles. The second kappa shape index (κ2) is 10.8. The van der Waals surface area contributed by atoms with Crippen LogP contribution >= 0.6 is 0 Å². The first-order chi connectivity index (χ1) is 17.2. The first-order valence-corrected chi connectivity index (χ1v) is 12.7. The number of methoxy groups -OCH3 is 2. The van der Waals surface area contributed by atoms with Gasteiger partial charge in [-0.2, -0.15) is 5.10 Å². The van der Waals surface area contributed by atoms with Crippen LogP contribution in [-0.2, 0) is 22.6 Å². The molecule has 1 aliphatic carbocycles. The van der Waals surface area contributed by atoms with Gasteiger partial charge in [0.1, 0.15) is 0 Å². The van der Waals surface area contributed by atoms with Crippen LogP contribution in [0.1, 0.15) is 42.4 Å². The molecule has 3 aliphatic rings. The maximum atomic E-state index is 13.4. The summed E-state index contributed by atoms with van der Waals surface area (Å²) in [5.41, 5.74) is 4.35. The number of carbonyl (C=O) groups is 1. The molecule has 2 atom stereocenters. The van der Waals surface area contributed by atoms with E-state index in [1.165, 1.54) is 5.56 Å². The Balaban J connectivity index is 1.38. The zero-order valence-corrected chi connectivity index (χ0v) is 20.7. The summed E-state index contributed by atoms with van der Waals surface area (Å²) in [4.78, 5) is 15.9.